The quantitative estimate of drug-likeness (QED) is 0.459. The van der Waals surface area contributed by atoms with E-state index in [1.54, 1.807) is 19.9 Å². The first kappa shape index (κ1) is 20.4. The minimum Gasteiger partial charge on any atom is -0.504 e. The van der Waals surface area contributed by atoms with E-state index in [0.717, 1.165) is 0 Å². The Bertz CT molecular complexity index is 606. The molecule has 0 spiro atoms. The summed E-state index contributed by atoms with van der Waals surface area (Å²) in [6.45, 7) is 3.41. The molecule has 2 unspecified atom stereocenters. The highest BCUT2D eigenvalue weighted by Crippen LogP contribution is 2.19. The molecule has 0 aliphatic heterocycles. The third kappa shape index (κ3) is 7.19. The summed E-state index contributed by atoms with van der Waals surface area (Å²) < 4.78 is 4.53. The molecule has 138 valence electrons. The molecule has 1 aromatic heterocycles. The van der Waals surface area contributed by atoms with Crippen molar-refractivity contribution in [2.45, 2.75) is 45.6 Å². The van der Waals surface area contributed by atoms with Gasteiger partial charge in [-0.05, 0) is 31.9 Å². The van der Waals surface area contributed by atoms with E-state index in [4.69, 9.17) is 0 Å². The number of hydrogen-bond acceptors (Lipinski definition) is 6. The van der Waals surface area contributed by atoms with E-state index in [2.05, 4.69) is 20.4 Å². The number of hydrogen-bond donors (Lipinski definition) is 3. The molecule has 1 rings (SSSR count). The first-order valence-corrected chi connectivity index (χ1v) is 8.16. The van der Waals surface area contributed by atoms with Crippen LogP contribution in [0.25, 0.3) is 0 Å². The fourth-order valence-corrected chi connectivity index (χ4v) is 2.06. The molecule has 8 nitrogen and oxygen atoms in total. The van der Waals surface area contributed by atoms with Crippen molar-refractivity contribution in [3.8, 4) is 5.75 Å². The summed E-state index contributed by atoms with van der Waals surface area (Å²) in [6.07, 6.45) is 3.15. The predicted molar refractivity (Wildman–Crippen MR) is 91.8 cm³/mol. The standard InChI is InChI=1S/C17H25N3O5/c1-11(17(24)20-16-13(21)7-6-10-18-16)12(2)19-14(22)8-4-5-9-15(23)25-3/h6-7,10-12,21H,4-5,8-9H2,1-3H3,(H,19,22)(H,18,20,24). The second-order valence-electron chi connectivity index (χ2n) is 5.79. The number of nitrogens with zero attached hydrogens (tertiary/aromatic N) is 1. The summed E-state index contributed by atoms with van der Waals surface area (Å²) in [7, 11) is 1.33. The molecule has 0 saturated heterocycles. The van der Waals surface area contributed by atoms with Crippen molar-refractivity contribution in [2.24, 2.45) is 5.92 Å². The average molecular weight is 351 g/mol. The Hall–Kier alpha value is -2.64. The molecular weight excluding hydrogens is 326 g/mol. The molecule has 0 fully saturated rings. The molecular formula is C17H25N3O5. The summed E-state index contributed by atoms with van der Waals surface area (Å²) in [5, 5.41) is 14.9. The number of carbonyl (C=O) groups is 3. The number of nitrogens with one attached hydrogen (secondary N) is 2. The second kappa shape index (κ2) is 10.3. The zero-order valence-corrected chi connectivity index (χ0v) is 14.7. The van der Waals surface area contributed by atoms with Crippen LogP contribution in [0.3, 0.4) is 0 Å². The van der Waals surface area contributed by atoms with Gasteiger partial charge in [-0.3, -0.25) is 14.4 Å². The smallest absolute Gasteiger partial charge is 0.305 e. The van der Waals surface area contributed by atoms with Crippen LogP contribution in [0.1, 0.15) is 39.5 Å². The molecule has 0 aromatic carbocycles. The summed E-state index contributed by atoms with van der Waals surface area (Å²) in [5.74, 6) is -1.38. The van der Waals surface area contributed by atoms with Gasteiger partial charge in [-0.2, -0.15) is 0 Å². The summed E-state index contributed by atoms with van der Waals surface area (Å²) in [6, 6.07) is 2.59. The van der Waals surface area contributed by atoms with E-state index in [1.165, 1.54) is 19.4 Å². The number of methoxy groups -OCH3 is 1. The van der Waals surface area contributed by atoms with Gasteiger partial charge in [0.15, 0.2) is 11.6 Å². The minimum absolute atomic E-state index is 0.0840. The molecule has 2 atom stereocenters. The van der Waals surface area contributed by atoms with Crippen LogP contribution < -0.4 is 10.6 Å². The highest BCUT2D eigenvalue weighted by molar-refractivity contribution is 5.93. The van der Waals surface area contributed by atoms with Crippen LogP contribution in [-0.2, 0) is 19.1 Å². The van der Waals surface area contributed by atoms with Crippen molar-refractivity contribution < 1.29 is 24.2 Å². The number of ether oxygens (including phenoxy) is 1. The molecule has 0 saturated carbocycles. The first-order valence-electron chi connectivity index (χ1n) is 8.16. The van der Waals surface area contributed by atoms with Crippen LogP contribution in [0.2, 0.25) is 0 Å². The fraction of sp³-hybridized carbons (Fsp3) is 0.529. The van der Waals surface area contributed by atoms with Crippen LogP contribution in [0.5, 0.6) is 5.75 Å². The van der Waals surface area contributed by atoms with Gasteiger partial charge in [-0.15, -0.1) is 0 Å². The largest absolute Gasteiger partial charge is 0.504 e. The second-order valence-corrected chi connectivity index (χ2v) is 5.79. The number of anilines is 1. The zero-order valence-electron chi connectivity index (χ0n) is 14.7. The Morgan fingerprint density at radius 2 is 1.92 bits per heavy atom. The normalized spacial score (nSPS) is 12.8. The molecule has 1 heterocycles. The van der Waals surface area contributed by atoms with E-state index in [9.17, 15) is 19.5 Å². The van der Waals surface area contributed by atoms with Crippen LogP contribution in [-0.4, -0.2) is 41.0 Å². The number of aromatic hydroxyl groups is 1. The highest BCUT2D eigenvalue weighted by Gasteiger charge is 2.22. The lowest BCUT2D eigenvalue weighted by Gasteiger charge is -2.20. The van der Waals surface area contributed by atoms with Crippen molar-refractivity contribution >= 4 is 23.6 Å². The molecule has 0 radical (unpaired) electrons. The number of rotatable bonds is 9. The van der Waals surface area contributed by atoms with Gasteiger partial charge in [0.05, 0.1) is 13.0 Å². The van der Waals surface area contributed by atoms with Crippen molar-refractivity contribution in [1.82, 2.24) is 10.3 Å². The van der Waals surface area contributed by atoms with Crippen LogP contribution >= 0.6 is 0 Å². The molecule has 25 heavy (non-hydrogen) atoms. The predicted octanol–water partition coefficient (Wildman–Crippen LogP) is 1.60. The number of amides is 2. The maximum atomic E-state index is 12.2. The number of esters is 1. The van der Waals surface area contributed by atoms with Gasteiger partial charge in [0, 0.05) is 25.1 Å². The lowest BCUT2D eigenvalue weighted by molar-refractivity contribution is -0.141. The van der Waals surface area contributed by atoms with Gasteiger partial charge in [0.2, 0.25) is 11.8 Å². The molecule has 1 aromatic rings. The monoisotopic (exact) mass is 351 g/mol. The van der Waals surface area contributed by atoms with Gasteiger partial charge in [0.1, 0.15) is 0 Å². The third-order valence-corrected chi connectivity index (χ3v) is 3.84. The topological polar surface area (TPSA) is 118 Å². The summed E-state index contributed by atoms with van der Waals surface area (Å²) in [4.78, 5) is 39.0. The van der Waals surface area contributed by atoms with Crippen molar-refractivity contribution in [3.63, 3.8) is 0 Å². The maximum Gasteiger partial charge on any atom is 0.305 e. The Morgan fingerprint density at radius 3 is 2.56 bits per heavy atom. The molecule has 3 N–H and O–H groups in total. The van der Waals surface area contributed by atoms with Gasteiger partial charge in [0.25, 0.3) is 0 Å². The lowest BCUT2D eigenvalue weighted by atomic mass is 10.0. The van der Waals surface area contributed by atoms with Gasteiger partial charge in [-0.25, -0.2) is 4.98 Å². The molecule has 0 aliphatic carbocycles. The van der Waals surface area contributed by atoms with E-state index >= 15 is 0 Å². The maximum absolute atomic E-state index is 12.2. The first-order chi connectivity index (χ1) is 11.8. The van der Waals surface area contributed by atoms with Crippen LogP contribution in [0, 0.1) is 5.92 Å². The Kier molecular flexibility index (Phi) is 8.38. The number of pyridine rings is 1. The minimum atomic E-state index is -0.513. The van der Waals surface area contributed by atoms with Gasteiger partial charge >= 0.3 is 5.97 Å². The average Bonchev–Trinajstić information content (AvgIpc) is 2.59. The van der Waals surface area contributed by atoms with Gasteiger partial charge < -0.3 is 20.5 Å². The van der Waals surface area contributed by atoms with Crippen molar-refractivity contribution in [2.75, 3.05) is 12.4 Å². The summed E-state index contributed by atoms with van der Waals surface area (Å²) in [5.41, 5.74) is 0. The number of carbonyl (C=O) groups excluding carboxylic acids is 3. The van der Waals surface area contributed by atoms with E-state index in [-0.39, 0.29) is 48.2 Å². The number of unbranched alkanes of at least 4 members (excludes halogenated alkanes) is 1. The summed E-state index contributed by atoms with van der Waals surface area (Å²) >= 11 is 0. The molecule has 8 heteroatoms. The number of aromatic nitrogens is 1. The zero-order chi connectivity index (χ0) is 18.8. The SMILES string of the molecule is COC(=O)CCCCC(=O)NC(C)C(C)C(=O)Nc1ncccc1O. The molecule has 2 amide bonds. The van der Waals surface area contributed by atoms with E-state index in [1.807, 2.05) is 0 Å². The van der Waals surface area contributed by atoms with E-state index in [0.29, 0.717) is 12.8 Å². The molecule has 0 aliphatic rings. The Balaban J connectivity index is 2.38. The fourth-order valence-electron chi connectivity index (χ4n) is 2.06. The third-order valence-electron chi connectivity index (χ3n) is 3.84. The molecule has 0 bridgehead atoms. The van der Waals surface area contributed by atoms with Crippen LogP contribution in [0.15, 0.2) is 18.3 Å². The lowest BCUT2D eigenvalue weighted by Crippen LogP contribution is -2.41. The Morgan fingerprint density at radius 1 is 1.24 bits per heavy atom. The van der Waals surface area contributed by atoms with Crippen LogP contribution in [0.4, 0.5) is 5.82 Å². The van der Waals surface area contributed by atoms with E-state index < -0.39 is 5.92 Å². The van der Waals surface area contributed by atoms with Crippen molar-refractivity contribution in [3.05, 3.63) is 18.3 Å². The van der Waals surface area contributed by atoms with Gasteiger partial charge in [-0.1, -0.05) is 6.92 Å². The van der Waals surface area contributed by atoms with Crippen molar-refractivity contribution in [1.29, 1.82) is 0 Å². The highest BCUT2D eigenvalue weighted by atomic mass is 16.5. The Labute approximate surface area is 147 Å².